The van der Waals surface area contributed by atoms with E-state index in [1.807, 2.05) is 51.1 Å². The predicted octanol–water partition coefficient (Wildman–Crippen LogP) is 4.45. The fourth-order valence-corrected chi connectivity index (χ4v) is 2.63. The van der Waals surface area contributed by atoms with Gasteiger partial charge in [0, 0.05) is 24.2 Å². The number of nitro benzene ring substituents is 1. The first-order valence-electron chi connectivity index (χ1n) is 8.09. The highest BCUT2D eigenvalue weighted by Gasteiger charge is 2.27. The fourth-order valence-electron chi connectivity index (χ4n) is 2.40. The molecular formula is C19H21ClN2O4. The third kappa shape index (κ3) is 5.20. The summed E-state index contributed by atoms with van der Waals surface area (Å²) in [6.45, 7) is 6.11. The van der Waals surface area contributed by atoms with E-state index in [0.29, 0.717) is 6.54 Å². The summed E-state index contributed by atoms with van der Waals surface area (Å²) >= 11 is 6.00. The molecule has 0 saturated carbocycles. The van der Waals surface area contributed by atoms with Crippen LogP contribution in [0.15, 0.2) is 48.5 Å². The lowest BCUT2D eigenvalue weighted by atomic mass is 10.0. The number of hydrogen-bond donors (Lipinski definition) is 0. The van der Waals surface area contributed by atoms with Crippen molar-refractivity contribution in [2.24, 2.45) is 0 Å². The molecule has 0 saturated heterocycles. The minimum Gasteiger partial charge on any atom is -0.482 e. The molecule has 138 valence electrons. The maximum absolute atomic E-state index is 12.7. The van der Waals surface area contributed by atoms with E-state index < -0.39 is 10.5 Å². The van der Waals surface area contributed by atoms with Crippen LogP contribution < -0.4 is 4.74 Å². The zero-order valence-corrected chi connectivity index (χ0v) is 15.7. The molecule has 0 aliphatic heterocycles. The van der Waals surface area contributed by atoms with E-state index in [4.69, 9.17) is 16.3 Å². The second-order valence-corrected chi connectivity index (χ2v) is 7.20. The Morgan fingerprint density at radius 1 is 1.19 bits per heavy atom. The lowest BCUT2D eigenvalue weighted by Crippen LogP contribution is -2.47. The van der Waals surface area contributed by atoms with Crippen molar-refractivity contribution in [2.75, 3.05) is 6.61 Å². The Hall–Kier alpha value is -2.60. The molecule has 2 aromatic carbocycles. The van der Waals surface area contributed by atoms with Gasteiger partial charge in [-0.25, -0.2) is 0 Å². The normalized spacial score (nSPS) is 11.1. The summed E-state index contributed by atoms with van der Waals surface area (Å²) in [5.41, 5.74) is 0.494. The van der Waals surface area contributed by atoms with Crippen molar-refractivity contribution >= 4 is 23.2 Å². The van der Waals surface area contributed by atoms with Crippen molar-refractivity contribution < 1.29 is 14.5 Å². The highest BCUT2D eigenvalue weighted by molar-refractivity contribution is 6.32. The van der Waals surface area contributed by atoms with Gasteiger partial charge in [-0.05, 0) is 32.4 Å². The van der Waals surface area contributed by atoms with Gasteiger partial charge in [-0.15, -0.1) is 0 Å². The van der Waals surface area contributed by atoms with E-state index in [2.05, 4.69) is 0 Å². The number of hydrogen-bond acceptors (Lipinski definition) is 4. The van der Waals surface area contributed by atoms with Crippen molar-refractivity contribution in [3.8, 4) is 5.75 Å². The van der Waals surface area contributed by atoms with Crippen molar-refractivity contribution in [1.82, 2.24) is 4.90 Å². The van der Waals surface area contributed by atoms with Gasteiger partial charge >= 0.3 is 0 Å². The van der Waals surface area contributed by atoms with Gasteiger partial charge < -0.3 is 9.64 Å². The molecule has 0 radical (unpaired) electrons. The standard InChI is InChI=1S/C19H21ClN2O4/c1-19(2,3)21(12-14-7-5-4-6-8-14)18(23)13-26-17-10-9-15(22(24)25)11-16(17)20/h4-11H,12-13H2,1-3H3. The van der Waals surface area contributed by atoms with Crippen LogP contribution >= 0.6 is 11.6 Å². The van der Waals surface area contributed by atoms with E-state index in [1.165, 1.54) is 18.2 Å². The molecular weight excluding hydrogens is 356 g/mol. The molecule has 26 heavy (non-hydrogen) atoms. The summed E-state index contributed by atoms with van der Waals surface area (Å²) in [6, 6.07) is 13.6. The first-order chi connectivity index (χ1) is 12.2. The molecule has 0 heterocycles. The van der Waals surface area contributed by atoms with Crippen molar-refractivity contribution in [2.45, 2.75) is 32.9 Å². The van der Waals surface area contributed by atoms with Crippen LogP contribution in [0.1, 0.15) is 26.3 Å². The molecule has 0 fully saturated rings. The summed E-state index contributed by atoms with van der Waals surface area (Å²) in [5, 5.41) is 10.8. The summed E-state index contributed by atoms with van der Waals surface area (Å²) in [4.78, 5) is 24.6. The fraction of sp³-hybridized carbons (Fsp3) is 0.316. The van der Waals surface area contributed by atoms with Crippen LogP contribution in [0.3, 0.4) is 0 Å². The highest BCUT2D eigenvalue weighted by atomic mass is 35.5. The number of non-ortho nitro benzene ring substituents is 1. The molecule has 1 amide bonds. The molecule has 2 aromatic rings. The highest BCUT2D eigenvalue weighted by Crippen LogP contribution is 2.29. The zero-order valence-electron chi connectivity index (χ0n) is 14.9. The van der Waals surface area contributed by atoms with Crippen LogP contribution in [-0.2, 0) is 11.3 Å². The molecule has 7 heteroatoms. The number of carbonyl (C=O) groups excluding carboxylic acids is 1. The van der Waals surface area contributed by atoms with Gasteiger partial charge in [0.1, 0.15) is 5.75 Å². The largest absolute Gasteiger partial charge is 0.482 e. The number of rotatable bonds is 6. The number of halogens is 1. The predicted molar refractivity (Wildman–Crippen MR) is 100 cm³/mol. The van der Waals surface area contributed by atoms with Crippen LogP contribution in [0.5, 0.6) is 5.75 Å². The second-order valence-electron chi connectivity index (χ2n) is 6.80. The first kappa shape index (κ1) is 19.7. The van der Waals surface area contributed by atoms with Gasteiger partial charge in [0.25, 0.3) is 11.6 Å². The Morgan fingerprint density at radius 2 is 1.85 bits per heavy atom. The van der Waals surface area contributed by atoms with Crippen molar-refractivity contribution in [3.05, 3.63) is 69.2 Å². The van der Waals surface area contributed by atoms with Crippen molar-refractivity contribution in [3.63, 3.8) is 0 Å². The molecule has 2 rings (SSSR count). The summed E-state index contributed by atoms with van der Waals surface area (Å²) in [7, 11) is 0. The second kappa shape index (κ2) is 8.19. The molecule has 0 N–H and O–H groups in total. The maximum Gasteiger partial charge on any atom is 0.271 e. The van der Waals surface area contributed by atoms with Gasteiger partial charge in [-0.3, -0.25) is 14.9 Å². The minimum absolute atomic E-state index is 0.0948. The Labute approximate surface area is 157 Å². The van der Waals surface area contributed by atoms with Crippen molar-refractivity contribution in [1.29, 1.82) is 0 Å². The molecule has 0 aromatic heterocycles. The topological polar surface area (TPSA) is 72.7 Å². The number of ether oxygens (including phenoxy) is 1. The molecule has 0 aliphatic rings. The molecule has 0 unspecified atom stereocenters. The summed E-state index contributed by atoms with van der Waals surface area (Å²) < 4.78 is 5.50. The van der Waals surface area contributed by atoms with E-state index in [0.717, 1.165) is 5.56 Å². The Morgan fingerprint density at radius 3 is 2.38 bits per heavy atom. The van der Waals surface area contributed by atoms with Gasteiger partial charge in [0.05, 0.1) is 9.95 Å². The summed E-state index contributed by atoms with van der Waals surface area (Å²) in [5.74, 6) is 0.0370. The molecule has 0 spiro atoms. The Kier molecular flexibility index (Phi) is 6.21. The third-order valence-electron chi connectivity index (χ3n) is 3.77. The number of carbonyl (C=O) groups is 1. The van der Waals surface area contributed by atoms with Crippen LogP contribution in [0, 0.1) is 10.1 Å². The lowest BCUT2D eigenvalue weighted by Gasteiger charge is -2.35. The Balaban J connectivity index is 2.09. The average Bonchev–Trinajstić information content (AvgIpc) is 2.58. The van der Waals surface area contributed by atoms with Gasteiger partial charge in [-0.2, -0.15) is 0 Å². The van der Waals surface area contributed by atoms with Crippen LogP contribution in [0.4, 0.5) is 5.69 Å². The molecule has 6 nitrogen and oxygen atoms in total. The van der Waals surface area contributed by atoms with E-state index >= 15 is 0 Å². The Bertz CT molecular complexity index is 788. The molecule has 0 bridgehead atoms. The zero-order chi connectivity index (χ0) is 19.3. The number of nitro groups is 1. The first-order valence-corrected chi connectivity index (χ1v) is 8.47. The average molecular weight is 377 g/mol. The van der Waals surface area contributed by atoms with Gasteiger partial charge in [0.15, 0.2) is 6.61 Å². The van der Waals surface area contributed by atoms with E-state index in [1.54, 1.807) is 4.90 Å². The number of amides is 1. The maximum atomic E-state index is 12.7. The van der Waals surface area contributed by atoms with E-state index in [-0.39, 0.29) is 29.0 Å². The van der Waals surface area contributed by atoms with Gasteiger partial charge in [-0.1, -0.05) is 41.9 Å². The number of nitrogens with zero attached hydrogens (tertiary/aromatic N) is 2. The number of benzene rings is 2. The third-order valence-corrected chi connectivity index (χ3v) is 4.07. The minimum atomic E-state index is -0.540. The van der Waals surface area contributed by atoms with E-state index in [9.17, 15) is 14.9 Å². The SMILES string of the molecule is CC(C)(C)N(Cc1ccccc1)C(=O)COc1ccc([N+](=O)[O-])cc1Cl. The molecule has 0 atom stereocenters. The van der Waals surface area contributed by atoms with Crippen LogP contribution in [0.2, 0.25) is 5.02 Å². The monoisotopic (exact) mass is 376 g/mol. The summed E-state index contributed by atoms with van der Waals surface area (Å²) in [6.07, 6.45) is 0. The van der Waals surface area contributed by atoms with Gasteiger partial charge in [0.2, 0.25) is 0 Å². The lowest BCUT2D eigenvalue weighted by molar-refractivity contribution is -0.384. The van der Waals surface area contributed by atoms with Crippen LogP contribution in [0.25, 0.3) is 0 Å². The quantitative estimate of drug-likeness (QED) is 0.551. The van der Waals surface area contributed by atoms with Crippen LogP contribution in [-0.4, -0.2) is 27.9 Å². The molecule has 0 aliphatic carbocycles. The smallest absolute Gasteiger partial charge is 0.271 e.